The number of para-hydroxylation sites is 2. The average Bonchev–Trinajstić information content (AvgIpc) is 3.25. The molecule has 3 aromatic carbocycles. The van der Waals surface area contributed by atoms with Crippen molar-refractivity contribution in [2.24, 2.45) is 0 Å². The van der Waals surface area contributed by atoms with Crippen LogP contribution < -0.4 is 10.1 Å². The Hall–Kier alpha value is -3.72. The van der Waals surface area contributed by atoms with Crippen LogP contribution in [0.2, 0.25) is 0 Å². The number of halogens is 2. The number of amides is 1. The largest absolute Gasteiger partial charge is 0.497 e. The summed E-state index contributed by atoms with van der Waals surface area (Å²) < 4.78 is 34.9. The standard InChI is InChI=1S/C24H20F2N4O2S/c1-15(23(31)27-21-19(25)9-6-10-20(21)26)33-24-29-28-22(16-11-13-18(32-2)14-12-16)30(24)17-7-4-3-5-8-17/h3-15H,1-2H3,(H,27,31). The van der Waals surface area contributed by atoms with Crippen molar-refractivity contribution in [2.75, 3.05) is 12.4 Å². The van der Waals surface area contributed by atoms with E-state index in [2.05, 4.69) is 15.5 Å². The maximum atomic E-state index is 13.9. The first-order valence-electron chi connectivity index (χ1n) is 10.0. The molecule has 4 rings (SSSR count). The van der Waals surface area contributed by atoms with E-state index in [1.807, 2.05) is 59.2 Å². The van der Waals surface area contributed by atoms with E-state index in [9.17, 15) is 13.6 Å². The number of benzene rings is 3. The van der Waals surface area contributed by atoms with Gasteiger partial charge in [-0.3, -0.25) is 9.36 Å². The average molecular weight is 467 g/mol. The van der Waals surface area contributed by atoms with Gasteiger partial charge in [0.15, 0.2) is 11.0 Å². The molecule has 1 heterocycles. The molecule has 0 aliphatic rings. The third kappa shape index (κ3) is 4.88. The van der Waals surface area contributed by atoms with Gasteiger partial charge in [-0.15, -0.1) is 10.2 Å². The zero-order valence-corrected chi connectivity index (χ0v) is 18.6. The van der Waals surface area contributed by atoms with Crippen molar-refractivity contribution in [1.82, 2.24) is 14.8 Å². The van der Waals surface area contributed by atoms with E-state index in [0.29, 0.717) is 16.7 Å². The Bertz CT molecular complexity index is 1240. The molecule has 9 heteroatoms. The maximum Gasteiger partial charge on any atom is 0.237 e. The van der Waals surface area contributed by atoms with Gasteiger partial charge in [-0.05, 0) is 55.5 Å². The van der Waals surface area contributed by atoms with Gasteiger partial charge in [-0.2, -0.15) is 0 Å². The van der Waals surface area contributed by atoms with Gasteiger partial charge < -0.3 is 10.1 Å². The van der Waals surface area contributed by atoms with Gasteiger partial charge in [-0.25, -0.2) is 8.78 Å². The molecular formula is C24H20F2N4O2S. The van der Waals surface area contributed by atoms with Gasteiger partial charge in [0.2, 0.25) is 5.91 Å². The molecule has 33 heavy (non-hydrogen) atoms. The Balaban J connectivity index is 1.64. The van der Waals surface area contributed by atoms with Crippen LogP contribution in [0.3, 0.4) is 0 Å². The van der Waals surface area contributed by atoms with Crippen LogP contribution in [0.25, 0.3) is 17.1 Å². The molecule has 0 fully saturated rings. The quantitative estimate of drug-likeness (QED) is 0.373. The van der Waals surface area contributed by atoms with Crippen LogP contribution in [0, 0.1) is 11.6 Å². The summed E-state index contributed by atoms with van der Waals surface area (Å²) in [6.07, 6.45) is 0. The van der Waals surface area contributed by atoms with Crippen LogP contribution in [0.5, 0.6) is 5.75 Å². The van der Waals surface area contributed by atoms with Crippen LogP contribution in [-0.2, 0) is 4.79 Å². The van der Waals surface area contributed by atoms with Gasteiger partial charge >= 0.3 is 0 Å². The lowest BCUT2D eigenvalue weighted by Gasteiger charge is -2.14. The molecule has 1 aromatic heterocycles. The highest BCUT2D eigenvalue weighted by Gasteiger charge is 2.23. The topological polar surface area (TPSA) is 69.0 Å². The fraction of sp³-hybridized carbons (Fsp3) is 0.125. The Kier molecular flexibility index (Phi) is 6.69. The minimum atomic E-state index is -0.838. The molecule has 6 nitrogen and oxygen atoms in total. The first kappa shape index (κ1) is 22.5. The molecule has 0 saturated heterocycles. The molecule has 1 unspecified atom stereocenters. The van der Waals surface area contributed by atoms with Crippen molar-refractivity contribution in [1.29, 1.82) is 0 Å². The molecule has 1 N–H and O–H groups in total. The van der Waals surface area contributed by atoms with E-state index in [1.54, 1.807) is 14.0 Å². The van der Waals surface area contributed by atoms with Crippen LogP contribution >= 0.6 is 11.8 Å². The Morgan fingerprint density at radius 3 is 2.27 bits per heavy atom. The first-order valence-corrected chi connectivity index (χ1v) is 10.9. The van der Waals surface area contributed by atoms with E-state index in [0.717, 1.165) is 35.1 Å². The number of ether oxygens (including phenoxy) is 1. The van der Waals surface area contributed by atoms with Crippen molar-refractivity contribution in [3.8, 4) is 22.8 Å². The van der Waals surface area contributed by atoms with E-state index in [4.69, 9.17) is 4.74 Å². The zero-order chi connectivity index (χ0) is 23.4. The molecule has 168 valence electrons. The summed E-state index contributed by atoms with van der Waals surface area (Å²) in [5.41, 5.74) is 1.14. The molecular weight excluding hydrogens is 446 g/mol. The minimum Gasteiger partial charge on any atom is -0.497 e. The molecule has 0 aliphatic carbocycles. The van der Waals surface area contributed by atoms with Gasteiger partial charge in [-0.1, -0.05) is 36.0 Å². The maximum absolute atomic E-state index is 13.9. The van der Waals surface area contributed by atoms with Crippen LogP contribution in [0.1, 0.15) is 6.92 Å². The van der Waals surface area contributed by atoms with E-state index >= 15 is 0 Å². The van der Waals surface area contributed by atoms with E-state index < -0.39 is 28.5 Å². The highest BCUT2D eigenvalue weighted by atomic mass is 32.2. The molecule has 4 aromatic rings. The number of nitrogens with zero attached hydrogens (tertiary/aromatic N) is 3. The van der Waals surface area contributed by atoms with Crippen molar-refractivity contribution in [3.05, 3.63) is 84.4 Å². The molecule has 0 radical (unpaired) electrons. The number of aromatic nitrogens is 3. The zero-order valence-electron chi connectivity index (χ0n) is 17.8. The number of rotatable bonds is 7. The van der Waals surface area contributed by atoms with Gasteiger partial charge in [0.25, 0.3) is 0 Å². The lowest BCUT2D eigenvalue weighted by Crippen LogP contribution is -2.24. The Labute approximate surface area is 193 Å². The van der Waals surface area contributed by atoms with Crippen LogP contribution in [0.15, 0.2) is 78.0 Å². The fourth-order valence-corrected chi connectivity index (χ4v) is 4.00. The molecule has 0 aliphatic heterocycles. The second-order valence-corrected chi connectivity index (χ2v) is 8.36. The van der Waals surface area contributed by atoms with Crippen molar-refractivity contribution in [3.63, 3.8) is 0 Å². The van der Waals surface area contributed by atoms with Crippen LogP contribution in [-0.4, -0.2) is 33.0 Å². The lowest BCUT2D eigenvalue weighted by atomic mass is 10.2. The second kappa shape index (κ2) is 9.83. The Morgan fingerprint density at radius 1 is 0.970 bits per heavy atom. The van der Waals surface area contributed by atoms with E-state index in [-0.39, 0.29) is 0 Å². The first-order chi connectivity index (χ1) is 16.0. The SMILES string of the molecule is COc1ccc(-c2nnc(SC(C)C(=O)Nc3c(F)cccc3F)n2-c2ccccc2)cc1. The number of hydrogen-bond donors (Lipinski definition) is 1. The summed E-state index contributed by atoms with van der Waals surface area (Å²) in [6.45, 7) is 1.63. The fourth-order valence-electron chi connectivity index (χ4n) is 3.14. The summed E-state index contributed by atoms with van der Waals surface area (Å²) in [4.78, 5) is 12.7. The van der Waals surface area contributed by atoms with Crippen molar-refractivity contribution in [2.45, 2.75) is 17.3 Å². The molecule has 0 spiro atoms. The number of carbonyl (C=O) groups excluding carboxylic acids is 1. The number of thioether (sulfide) groups is 1. The minimum absolute atomic E-state index is 0.462. The normalized spacial score (nSPS) is 11.8. The highest BCUT2D eigenvalue weighted by molar-refractivity contribution is 8.00. The van der Waals surface area contributed by atoms with Crippen molar-refractivity contribution >= 4 is 23.4 Å². The summed E-state index contributed by atoms with van der Waals surface area (Å²) >= 11 is 1.13. The summed E-state index contributed by atoms with van der Waals surface area (Å²) in [6, 6.07) is 20.3. The molecule has 1 atom stereocenters. The molecule has 0 bridgehead atoms. The molecule has 1 amide bonds. The predicted octanol–water partition coefficient (Wildman–Crippen LogP) is 5.34. The van der Waals surface area contributed by atoms with Gasteiger partial charge in [0.1, 0.15) is 23.1 Å². The highest BCUT2D eigenvalue weighted by Crippen LogP contribution is 2.31. The predicted molar refractivity (Wildman–Crippen MR) is 124 cm³/mol. The number of anilines is 1. The summed E-state index contributed by atoms with van der Waals surface area (Å²) in [5, 5.41) is 10.7. The number of methoxy groups -OCH3 is 1. The second-order valence-electron chi connectivity index (χ2n) is 7.05. The third-order valence-corrected chi connectivity index (χ3v) is 5.90. The smallest absolute Gasteiger partial charge is 0.237 e. The Morgan fingerprint density at radius 2 is 1.64 bits per heavy atom. The van der Waals surface area contributed by atoms with Gasteiger partial charge in [0, 0.05) is 11.3 Å². The summed E-state index contributed by atoms with van der Waals surface area (Å²) in [5.74, 6) is -0.939. The summed E-state index contributed by atoms with van der Waals surface area (Å²) in [7, 11) is 1.59. The van der Waals surface area contributed by atoms with E-state index in [1.165, 1.54) is 6.07 Å². The van der Waals surface area contributed by atoms with Crippen molar-refractivity contribution < 1.29 is 18.3 Å². The lowest BCUT2D eigenvalue weighted by molar-refractivity contribution is -0.115. The third-order valence-electron chi connectivity index (χ3n) is 4.86. The molecule has 0 saturated carbocycles. The number of hydrogen-bond acceptors (Lipinski definition) is 5. The number of nitrogens with one attached hydrogen (secondary N) is 1. The monoisotopic (exact) mass is 466 g/mol. The van der Waals surface area contributed by atoms with Gasteiger partial charge in [0.05, 0.1) is 12.4 Å². The van der Waals surface area contributed by atoms with Crippen LogP contribution in [0.4, 0.5) is 14.5 Å². The number of carbonyl (C=O) groups is 1.